The second kappa shape index (κ2) is 13.2. The number of nitrogens with zero attached hydrogens (tertiary/aromatic N) is 4. The number of fused-ring (bicyclic) bond motifs is 1. The molecular formula is C26H30ClF3N6O. The highest BCUT2D eigenvalue weighted by atomic mass is 35.5. The zero-order valence-corrected chi connectivity index (χ0v) is 21.7. The summed E-state index contributed by atoms with van der Waals surface area (Å²) in [6.45, 7) is 7.10. The number of nitrogens with one attached hydrogen (secondary N) is 2. The van der Waals surface area contributed by atoms with Gasteiger partial charge in [-0.25, -0.2) is 28.1 Å². The van der Waals surface area contributed by atoms with Crippen LogP contribution in [-0.4, -0.2) is 33.9 Å². The minimum atomic E-state index is -2.85. The molecule has 0 radical (unpaired) electrons. The van der Waals surface area contributed by atoms with Crippen molar-refractivity contribution in [2.75, 3.05) is 28.6 Å². The Hall–Kier alpha value is -3.40. The summed E-state index contributed by atoms with van der Waals surface area (Å²) in [5.41, 5.74) is 2.19. The molecule has 11 heteroatoms. The molecule has 0 atom stereocenters. The molecule has 1 amide bonds. The van der Waals surface area contributed by atoms with Gasteiger partial charge < -0.3 is 15.5 Å². The van der Waals surface area contributed by atoms with E-state index in [2.05, 4.69) is 25.6 Å². The highest BCUT2D eigenvalue weighted by molar-refractivity contribution is 6.28. The molecule has 0 saturated carbocycles. The first-order valence-electron chi connectivity index (χ1n) is 12.1. The Morgan fingerprint density at radius 1 is 1.22 bits per heavy atom. The van der Waals surface area contributed by atoms with Gasteiger partial charge in [-0.1, -0.05) is 38.5 Å². The maximum Gasteiger partial charge on any atom is 0.266 e. The monoisotopic (exact) mass is 534 g/mol. The van der Waals surface area contributed by atoms with Gasteiger partial charge >= 0.3 is 0 Å². The Bertz CT molecular complexity index is 1230. The summed E-state index contributed by atoms with van der Waals surface area (Å²) in [5, 5.41) is 6.26. The Labute approximate surface area is 219 Å². The van der Waals surface area contributed by atoms with Gasteiger partial charge in [-0.2, -0.15) is 0 Å². The fraction of sp³-hybridized carbons (Fsp3) is 0.385. The molecule has 2 aromatic heterocycles. The number of pyridine rings is 1. The fourth-order valence-corrected chi connectivity index (χ4v) is 4.22. The van der Waals surface area contributed by atoms with E-state index in [-0.39, 0.29) is 23.3 Å². The number of carbonyl (C=O) groups is 1. The van der Waals surface area contributed by atoms with Gasteiger partial charge in [0.05, 0.1) is 16.9 Å². The summed E-state index contributed by atoms with van der Waals surface area (Å²) in [6, 6.07) is 7.70. The number of anilines is 3. The van der Waals surface area contributed by atoms with E-state index in [1.165, 1.54) is 12.1 Å². The average Bonchev–Trinajstić information content (AvgIpc) is 2.88. The number of aryl methyl sites for hydroxylation is 1. The van der Waals surface area contributed by atoms with Gasteiger partial charge in [-0.3, -0.25) is 4.79 Å². The number of alkyl halides is 2. The zero-order chi connectivity index (χ0) is 26.9. The van der Waals surface area contributed by atoms with Gasteiger partial charge in [0.2, 0.25) is 11.2 Å². The summed E-state index contributed by atoms with van der Waals surface area (Å²) >= 11 is 5.96. The predicted molar refractivity (Wildman–Crippen MR) is 140 cm³/mol. The fourth-order valence-electron chi connectivity index (χ4n) is 4.03. The Kier molecular flexibility index (Phi) is 10.1. The Balaban J connectivity index is 0.000000244. The lowest BCUT2D eigenvalue weighted by Gasteiger charge is -2.28. The minimum Gasteiger partial charge on any atom is -0.367 e. The first-order valence-corrected chi connectivity index (χ1v) is 12.5. The van der Waals surface area contributed by atoms with E-state index in [0.29, 0.717) is 18.8 Å². The standard InChI is InChI=1S/C17H19ClF3N3.C9H11N3O/c1-3-6-13-11(4-2)16(24-17(18)23-13)22-9-10-7-5-8-12(14(10)19)15(20)21;1-7(13)12-6-5-11-9-8(12)3-2-4-10-9/h5,7-8,15H,3-4,6,9H2,1-2H3,(H,22,23,24);2-4H,5-6H2,1H3,(H,10,11). The predicted octanol–water partition coefficient (Wildman–Crippen LogP) is 6.19. The minimum absolute atomic E-state index is 0.0400. The molecule has 3 heterocycles. The van der Waals surface area contributed by atoms with E-state index >= 15 is 0 Å². The van der Waals surface area contributed by atoms with E-state index in [1.54, 1.807) is 18.0 Å². The number of aromatic nitrogens is 3. The van der Waals surface area contributed by atoms with Crippen molar-refractivity contribution in [1.82, 2.24) is 15.0 Å². The maximum atomic E-state index is 14.1. The van der Waals surface area contributed by atoms with Crippen LogP contribution < -0.4 is 15.5 Å². The summed E-state index contributed by atoms with van der Waals surface area (Å²) in [6.07, 6.45) is 1.23. The molecule has 2 N–H and O–H groups in total. The summed E-state index contributed by atoms with van der Waals surface area (Å²) in [7, 11) is 0. The van der Waals surface area contributed by atoms with E-state index in [0.717, 1.165) is 48.2 Å². The van der Waals surface area contributed by atoms with Crippen LogP contribution in [0.15, 0.2) is 36.5 Å². The van der Waals surface area contributed by atoms with Crippen molar-refractivity contribution in [1.29, 1.82) is 0 Å². The van der Waals surface area contributed by atoms with Crippen LogP contribution in [0.1, 0.15) is 56.0 Å². The molecule has 0 unspecified atom stereocenters. The van der Waals surface area contributed by atoms with E-state index in [1.807, 2.05) is 26.0 Å². The topological polar surface area (TPSA) is 83.0 Å². The molecular weight excluding hydrogens is 505 g/mol. The molecule has 0 spiro atoms. The van der Waals surface area contributed by atoms with E-state index in [9.17, 15) is 18.0 Å². The highest BCUT2D eigenvalue weighted by Crippen LogP contribution is 2.27. The largest absolute Gasteiger partial charge is 0.367 e. The van der Waals surface area contributed by atoms with Crippen LogP contribution in [0.3, 0.4) is 0 Å². The Morgan fingerprint density at radius 2 is 2.00 bits per heavy atom. The number of rotatable bonds is 7. The highest BCUT2D eigenvalue weighted by Gasteiger charge is 2.20. The number of hydrogen-bond acceptors (Lipinski definition) is 6. The van der Waals surface area contributed by atoms with Crippen LogP contribution in [0, 0.1) is 5.82 Å². The molecule has 1 aromatic carbocycles. The normalized spacial score (nSPS) is 12.4. The van der Waals surface area contributed by atoms with E-state index in [4.69, 9.17) is 11.6 Å². The first kappa shape index (κ1) is 28.2. The molecule has 37 heavy (non-hydrogen) atoms. The second-order valence-corrected chi connectivity index (χ2v) is 8.65. The number of hydrogen-bond donors (Lipinski definition) is 2. The van der Waals surface area contributed by atoms with Gasteiger partial charge in [-0.15, -0.1) is 0 Å². The molecule has 7 nitrogen and oxygen atoms in total. The third-order valence-electron chi connectivity index (χ3n) is 5.78. The van der Waals surface area contributed by atoms with Crippen molar-refractivity contribution in [3.05, 3.63) is 70.0 Å². The number of amides is 1. The quantitative estimate of drug-likeness (QED) is 0.351. The Morgan fingerprint density at radius 3 is 2.68 bits per heavy atom. The third kappa shape index (κ3) is 7.09. The molecule has 0 bridgehead atoms. The van der Waals surface area contributed by atoms with E-state index < -0.39 is 17.8 Å². The van der Waals surface area contributed by atoms with Crippen LogP contribution in [0.4, 0.5) is 30.5 Å². The molecule has 0 fully saturated rings. The molecule has 3 aromatic rings. The van der Waals surface area contributed by atoms with Gasteiger partial charge in [-0.05, 0) is 36.6 Å². The lowest BCUT2D eigenvalue weighted by molar-refractivity contribution is -0.116. The van der Waals surface area contributed by atoms with Crippen LogP contribution in [0.5, 0.6) is 0 Å². The van der Waals surface area contributed by atoms with Crippen LogP contribution >= 0.6 is 11.6 Å². The van der Waals surface area contributed by atoms with Crippen molar-refractivity contribution in [2.24, 2.45) is 0 Å². The molecule has 0 saturated heterocycles. The van der Waals surface area contributed by atoms with Crippen molar-refractivity contribution in [3.63, 3.8) is 0 Å². The van der Waals surface area contributed by atoms with Gasteiger partial charge in [0.15, 0.2) is 0 Å². The number of benzene rings is 1. The molecule has 1 aliphatic rings. The van der Waals surface area contributed by atoms with Gasteiger partial charge in [0.1, 0.15) is 17.5 Å². The second-order valence-electron chi connectivity index (χ2n) is 8.31. The summed E-state index contributed by atoms with van der Waals surface area (Å²) < 4.78 is 39.7. The zero-order valence-electron chi connectivity index (χ0n) is 21.0. The lowest BCUT2D eigenvalue weighted by atomic mass is 10.1. The molecule has 1 aliphatic heterocycles. The van der Waals surface area contributed by atoms with Crippen molar-refractivity contribution in [2.45, 2.75) is 53.0 Å². The lowest BCUT2D eigenvalue weighted by Crippen LogP contribution is -2.37. The van der Waals surface area contributed by atoms with Gasteiger partial charge in [0, 0.05) is 43.9 Å². The molecule has 198 valence electrons. The third-order valence-corrected chi connectivity index (χ3v) is 5.95. The van der Waals surface area contributed by atoms with Crippen molar-refractivity contribution >= 4 is 34.8 Å². The number of halogens is 4. The molecule has 0 aliphatic carbocycles. The van der Waals surface area contributed by atoms with Crippen LogP contribution in [0.2, 0.25) is 5.28 Å². The first-order chi connectivity index (χ1) is 17.8. The smallest absolute Gasteiger partial charge is 0.266 e. The average molecular weight is 535 g/mol. The molecule has 4 rings (SSSR count). The summed E-state index contributed by atoms with van der Waals surface area (Å²) in [5.74, 6) is 0.481. The maximum absolute atomic E-state index is 14.1. The van der Waals surface area contributed by atoms with Crippen molar-refractivity contribution < 1.29 is 18.0 Å². The van der Waals surface area contributed by atoms with Gasteiger partial charge in [0.25, 0.3) is 6.43 Å². The van der Waals surface area contributed by atoms with Crippen LogP contribution in [0.25, 0.3) is 0 Å². The van der Waals surface area contributed by atoms with Crippen molar-refractivity contribution in [3.8, 4) is 0 Å². The summed E-state index contributed by atoms with van der Waals surface area (Å²) in [4.78, 5) is 25.5. The van der Waals surface area contributed by atoms with Crippen LogP contribution in [-0.2, 0) is 24.2 Å². The number of carbonyl (C=O) groups excluding carboxylic acids is 1. The SMILES string of the molecule is CC(=O)N1CCNc2ncccc21.CCCc1nc(Cl)nc(NCc2cccc(C(F)F)c2F)c1CC.